The summed E-state index contributed by atoms with van der Waals surface area (Å²) in [4.78, 5) is 0. The Balaban J connectivity index is 0.00000154. The molecule has 0 aliphatic carbocycles. The Morgan fingerprint density at radius 1 is 1.37 bits per heavy atom. The Morgan fingerprint density at radius 2 is 2.00 bits per heavy atom. The molecule has 1 aromatic rings. The highest BCUT2D eigenvalue weighted by Crippen LogP contribution is 2.28. The summed E-state index contributed by atoms with van der Waals surface area (Å²) in [6, 6.07) is 6.43. The summed E-state index contributed by atoms with van der Waals surface area (Å²) in [5.74, 6) is 0.737. The number of benzene rings is 1. The third-order valence-electron chi connectivity index (χ3n) is 3.23. The number of unbranched alkanes of at least 4 members (excludes halogenated alkanes) is 1. The van der Waals surface area contributed by atoms with Crippen LogP contribution in [0.2, 0.25) is 0 Å². The minimum Gasteiger partial charge on any atom is -0.141 e. The fourth-order valence-electron chi connectivity index (χ4n) is 2.16. The Labute approximate surface area is 130 Å². The Kier molecular flexibility index (Phi) is 10.6. The van der Waals surface area contributed by atoms with Gasteiger partial charge in [0.25, 0.3) is 0 Å². The van der Waals surface area contributed by atoms with Crippen LogP contribution in [0.5, 0.6) is 0 Å². The van der Waals surface area contributed by atoms with Gasteiger partial charge in [0.1, 0.15) is 0 Å². The maximum atomic E-state index is 4.25. The molecule has 0 aliphatic heterocycles. The second-order valence-corrected chi connectivity index (χ2v) is 5.93. The van der Waals surface area contributed by atoms with E-state index in [1.54, 1.807) is 0 Å². The van der Waals surface area contributed by atoms with Crippen LogP contribution < -0.4 is 0 Å². The van der Waals surface area contributed by atoms with Gasteiger partial charge in [-0.25, -0.2) is 0 Å². The van der Waals surface area contributed by atoms with Crippen LogP contribution in [0.1, 0.15) is 50.7 Å². The van der Waals surface area contributed by atoms with Crippen molar-refractivity contribution < 1.29 is 0 Å². The van der Waals surface area contributed by atoms with Crippen molar-refractivity contribution in [3.8, 4) is 0 Å². The van der Waals surface area contributed by atoms with E-state index >= 15 is 0 Å². The van der Waals surface area contributed by atoms with Gasteiger partial charge in [0.05, 0.1) is 0 Å². The van der Waals surface area contributed by atoms with E-state index in [0.29, 0.717) is 0 Å². The van der Waals surface area contributed by atoms with Crippen LogP contribution in [0.15, 0.2) is 29.3 Å². The molecule has 108 valence electrons. The normalized spacial score (nSPS) is 11.5. The van der Waals surface area contributed by atoms with Crippen LogP contribution in [0.3, 0.4) is 0 Å². The number of aryl methyl sites for hydroxylation is 1. The lowest BCUT2D eigenvalue weighted by Crippen LogP contribution is -1.97. The highest BCUT2D eigenvalue weighted by Gasteiger charge is 2.08. The maximum absolute atomic E-state index is 4.25. The van der Waals surface area contributed by atoms with Gasteiger partial charge in [0.2, 0.25) is 0 Å². The molecule has 1 aromatic carbocycles. The molecular weight excluding hydrogens is 315 g/mol. The summed E-state index contributed by atoms with van der Waals surface area (Å²) in [7, 11) is 2.42. The van der Waals surface area contributed by atoms with Crippen molar-refractivity contribution in [3.05, 3.63) is 40.4 Å². The molecule has 19 heavy (non-hydrogen) atoms. The van der Waals surface area contributed by atoms with Gasteiger partial charge in [-0.1, -0.05) is 68.4 Å². The van der Waals surface area contributed by atoms with E-state index in [0.717, 1.165) is 16.8 Å². The molecule has 0 nitrogen and oxygen atoms in total. The standard InChI is InChI=1S/C16H23Br.CH5P/c1-5-6-7-12(2)10-14(4)16-11-15(17)9-8-13(16)3;1-2/h8-9,11-12H,4-7,10H2,1-3H3;2H2,1H3. The monoisotopic (exact) mass is 342 g/mol. The highest BCUT2D eigenvalue weighted by atomic mass is 79.9. The first-order valence-electron chi connectivity index (χ1n) is 7.06. The van der Waals surface area contributed by atoms with Gasteiger partial charge in [-0.2, -0.15) is 0 Å². The molecular formula is C17H28BrP. The van der Waals surface area contributed by atoms with Crippen molar-refractivity contribution in [2.24, 2.45) is 5.92 Å². The fourth-order valence-corrected chi connectivity index (χ4v) is 2.52. The average molecular weight is 343 g/mol. The molecule has 0 fully saturated rings. The first-order valence-corrected chi connectivity index (χ1v) is 9.01. The van der Waals surface area contributed by atoms with Crippen molar-refractivity contribution in [3.63, 3.8) is 0 Å². The van der Waals surface area contributed by atoms with Gasteiger partial charge in [-0.05, 0) is 48.1 Å². The molecule has 0 N–H and O–H groups in total. The number of halogens is 1. The minimum absolute atomic E-state index is 0.737. The summed E-state index contributed by atoms with van der Waals surface area (Å²) in [6.07, 6.45) is 5.03. The quantitative estimate of drug-likeness (QED) is 0.519. The number of hydrogen-bond donors (Lipinski definition) is 0. The van der Waals surface area contributed by atoms with Gasteiger partial charge < -0.3 is 0 Å². The number of rotatable bonds is 6. The van der Waals surface area contributed by atoms with Crippen LogP contribution in [-0.2, 0) is 0 Å². The number of allylic oxidation sites excluding steroid dienone is 1. The van der Waals surface area contributed by atoms with E-state index in [1.807, 2.05) is 6.66 Å². The fraction of sp³-hybridized carbons (Fsp3) is 0.529. The molecule has 0 amide bonds. The largest absolute Gasteiger partial charge is 0.141 e. The predicted octanol–water partition coefficient (Wildman–Crippen LogP) is 6.48. The Morgan fingerprint density at radius 3 is 2.58 bits per heavy atom. The van der Waals surface area contributed by atoms with E-state index < -0.39 is 0 Å². The molecule has 0 aromatic heterocycles. The molecule has 0 saturated heterocycles. The average Bonchev–Trinajstić information content (AvgIpc) is 2.41. The Bertz CT molecular complexity index is 385. The zero-order valence-electron chi connectivity index (χ0n) is 12.8. The summed E-state index contributed by atoms with van der Waals surface area (Å²) >= 11 is 3.53. The van der Waals surface area contributed by atoms with Gasteiger partial charge in [0.15, 0.2) is 0 Å². The first-order chi connectivity index (χ1) is 9.04. The summed E-state index contributed by atoms with van der Waals surface area (Å²) in [5, 5.41) is 0. The molecule has 0 heterocycles. The molecule has 1 rings (SSSR count). The minimum atomic E-state index is 0.737. The smallest absolute Gasteiger partial charge is 0.0181 e. The molecule has 0 saturated carbocycles. The summed E-state index contributed by atoms with van der Waals surface area (Å²) in [5.41, 5.74) is 3.90. The van der Waals surface area contributed by atoms with E-state index in [9.17, 15) is 0 Å². The van der Waals surface area contributed by atoms with Gasteiger partial charge in [-0.15, -0.1) is 9.24 Å². The maximum Gasteiger partial charge on any atom is 0.0181 e. The molecule has 2 heteroatoms. The first kappa shape index (κ1) is 18.9. The summed E-state index contributed by atoms with van der Waals surface area (Å²) in [6.45, 7) is 12.9. The Hall–Kier alpha value is -0.130. The van der Waals surface area contributed by atoms with Crippen molar-refractivity contribution in [2.75, 3.05) is 6.66 Å². The van der Waals surface area contributed by atoms with Crippen LogP contribution in [0.25, 0.3) is 5.57 Å². The van der Waals surface area contributed by atoms with Crippen LogP contribution in [-0.4, -0.2) is 6.66 Å². The molecule has 0 spiro atoms. The molecule has 2 unspecified atom stereocenters. The van der Waals surface area contributed by atoms with Crippen LogP contribution in [0, 0.1) is 12.8 Å². The van der Waals surface area contributed by atoms with Gasteiger partial charge >= 0.3 is 0 Å². The second-order valence-electron chi connectivity index (χ2n) is 5.01. The number of hydrogen-bond acceptors (Lipinski definition) is 0. The molecule has 0 bridgehead atoms. The van der Waals surface area contributed by atoms with Crippen molar-refractivity contribution >= 4 is 30.7 Å². The van der Waals surface area contributed by atoms with E-state index in [-0.39, 0.29) is 0 Å². The predicted molar refractivity (Wildman–Crippen MR) is 96.9 cm³/mol. The van der Waals surface area contributed by atoms with Crippen molar-refractivity contribution in [1.82, 2.24) is 0 Å². The van der Waals surface area contributed by atoms with Crippen molar-refractivity contribution in [2.45, 2.75) is 46.5 Å². The van der Waals surface area contributed by atoms with E-state index in [1.165, 1.54) is 36.0 Å². The third kappa shape index (κ3) is 7.28. The van der Waals surface area contributed by atoms with Crippen molar-refractivity contribution in [1.29, 1.82) is 0 Å². The second kappa shape index (κ2) is 10.6. The zero-order chi connectivity index (χ0) is 14.8. The third-order valence-corrected chi connectivity index (χ3v) is 3.72. The highest BCUT2D eigenvalue weighted by molar-refractivity contribution is 9.10. The van der Waals surface area contributed by atoms with Crippen LogP contribution in [0.4, 0.5) is 0 Å². The lowest BCUT2D eigenvalue weighted by Gasteiger charge is -2.15. The van der Waals surface area contributed by atoms with E-state index in [2.05, 4.69) is 70.7 Å². The van der Waals surface area contributed by atoms with Gasteiger partial charge in [-0.3, -0.25) is 0 Å². The van der Waals surface area contributed by atoms with Crippen LogP contribution >= 0.6 is 25.2 Å². The zero-order valence-corrected chi connectivity index (χ0v) is 15.5. The molecule has 0 aliphatic rings. The molecule has 2 atom stereocenters. The molecule has 0 radical (unpaired) electrons. The lowest BCUT2D eigenvalue weighted by atomic mass is 9.91. The topological polar surface area (TPSA) is 0 Å². The SMILES string of the molecule is C=C(CC(C)CCCC)c1cc(Br)ccc1C.CP. The summed E-state index contributed by atoms with van der Waals surface area (Å²) < 4.78 is 1.14. The van der Waals surface area contributed by atoms with Gasteiger partial charge in [0, 0.05) is 4.47 Å². The lowest BCUT2D eigenvalue weighted by molar-refractivity contribution is 0.517. The van der Waals surface area contributed by atoms with E-state index in [4.69, 9.17) is 0 Å².